The summed E-state index contributed by atoms with van der Waals surface area (Å²) in [5, 5.41) is 5.94. The van der Waals surface area contributed by atoms with Crippen molar-refractivity contribution in [3.05, 3.63) is 39.8 Å². The van der Waals surface area contributed by atoms with Gasteiger partial charge in [0.25, 0.3) is 0 Å². The molecule has 0 bridgehead atoms. The van der Waals surface area contributed by atoms with Crippen LogP contribution in [0.4, 0.5) is 5.69 Å². The molecule has 0 unspecified atom stereocenters. The topological polar surface area (TPSA) is 44.7 Å². The van der Waals surface area contributed by atoms with E-state index in [1.165, 1.54) is 0 Å². The number of nitrogens with one attached hydrogen (secondary N) is 1. The van der Waals surface area contributed by atoms with E-state index in [9.17, 15) is 4.79 Å². The van der Waals surface area contributed by atoms with Gasteiger partial charge in [0.2, 0.25) is 5.91 Å². The third-order valence-corrected chi connectivity index (χ3v) is 4.34. The van der Waals surface area contributed by atoms with Crippen LogP contribution in [0.2, 0.25) is 0 Å². The number of amidine groups is 1. The van der Waals surface area contributed by atoms with Gasteiger partial charge in [-0.3, -0.25) is 9.79 Å². The third-order valence-electron chi connectivity index (χ3n) is 2.90. The van der Waals surface area contributed by atoms with Crippen molar-refractivity contribution in [3.63, 3.8) is 0 Å². The Bertz CT molecular complexity index is 585. The first-order valence-electron chi connectivity index (χ1n) is 5.95. The van der Waals surface area contributed by atoms with Gasteiger partial charge in [-0.25, -0.2) is 0 Å². The maximum Gasteiger partial charge on any atom is 0.230 e. The van der Waals surface area contributed by atoms with Gasteiger partial charge < -0.3 is 10.2 Å². The van der Waals surface area contributed by atoms with Crippen molar-refractivity contribution in [1.82, 2.24) is 4.90 Å². The zero-order chi connectivity index (χ0) is 13.2. The molecule has 0 saturated carbocycles. The molecule has 3 rings (SSSR count). The van der Waals surface area contributed by atoms with Crippen LogP contribution in [-0.4, -0.2) is 29.1 Å². The number of thioether (sulfide) groups is 1. The maximum atomic E-state index is 12.0. The summed E-state index contributed by atoms with van der Waals surface area (Å²) in [5.41, 5.74) is 1.84. The Morgan fingerprint density at radius 1 is 1.53 bits per heavy atom. The quantitative estimate of drug-likeness (QED) is 0.921. The summed E-state index contributed by atoms with van der Waals surface area (Å²) >= 11 is 4.99. The Kier molecular flexibility index (Phi) is 3.61. The second-order valence-corrected chi connectivity index (χ2v) is 6.03. The first-order valence-corrected chi connectivity index (χ1v) is 7.63. The van der Waals surface area contributed by atoms with Gasteiger partial charge >= 0.3 is 0 Å². The molecule has 6 heteroatoms. The summed E-state index contributed by atoms with van der Waals surface area (Å²) in [6, 6.07) is 7.59. The van der Waals surface area contributed by atoms with E-state index in [0.29, 0.717) is 6.42 Å². The molecule has 1 amide bonds. The number of amides is 1. The molecule has 2 aliphatic rings. The lowest BCUT2D eigenvalue weighted by Gasteiger charge is -2.16. The molecule has 0 radical (unpaired) electrons. The number of rotatable bonds is 3. The summed E-state index contributed by atoms with van der Waals surface area (Å²) in [6.07, 6.45) is 0.387. The van der Waals surface area contributed by atoms with Crippen LogP contribution in [0.1, 0.15) is 6.42 Å². The summed E-state index contributed by atoms with van der Waals surface area (Å²) < 4.78 is 0.954. The number of anilines is 1. The van der Waals surface area contributed by atoms with Gasteiger partial charge in [0, 0.05) is 22.4 Å². The Labute approximate surface area is 124 Å². The number of halogens is 1. The molecule has 98 valence electrons. The second-order valence-electron chi connectivity index (χ2n) is 4.28. The monoisotopic (exact) mass is 337 g/mol. The second kappa shape index (κ2) is 5.38. The summed E-state index contributed by atoms with van der Waals surface area (Å²) in [4.78, 5) is 18.5. The van der Waals surface area contributed by atoms with Crippen LogP contribution in [0.15, 0.2) is 44.8 Å². The first kappa shape index (κ1) is 12.7. The number of hydrogen-bond donors (Lipinski definition) is 1. The summed E-state index contributed by atoms with van der Waals surface area (Å²) in [5.74, 6) is -0.00176. The average Bonchev–Trinajstić information content (AvgIpc) is 2.94. The predicted molar refractivity (Wildman–Crippen MR) is 82.1 cm³/mol. The van der Waals surface area contributed by atoms with Crippen LogP contribution in [0.5, 0.6) is 0 Å². The van der Waals surface area contributed by atoms with Gasteiger partial charge in [0.1, 0.15) is 0 Å². The van der Waals surface area contributed by atoms with Crippen LogP contribution in [0, 0.1) is 0 Å². The van der Waals surface area contributed by atoms with E-state index in [1.54, 1.807) is 11.8 Å². The Morgan fingerprint density at radius 2 is 2.42 bits per heavy atom. The van der Waals surface area contributed by atoms with Crippen LogP contribution in [-0.2, 0) is 4.79 Å². The minimum absolute atomic E-state index is 0.00176. The molecule has 0 atom stereocenters. The Morgan fingerprint density at radius 3 is 3.26 bits per heavy atom. The molecule has 0 aliphatic carbocycles. The van der Waals surface area contributed by atoms with Crippen molar-refractivity contribution >= 4 is 44.5 Å². The predicted octanol–water partition coefficient (Wildman–Crippen LogP) is 3.04. The lowest BCUT2D eigenvalue weighted by Crippen LogP contribution is -2.24. The van der Waals surface area contributed by atoms with Gasteiger partial charge in [-0.2, -0.15) is 0 Å². The molecular weight excluding hydrogens is 326 g/mol. The smallest absolute Gasteiger partial charge is 0.230 e. The van der Waals surface area contributed by atoms with Crippen molar-refractivity contribution in [2.24, 2.45) is 4.99 Å². The average molecular weight is 338 g/mol. The van der Waals surface area contributed by atoms with E-state index < -0.39 is 0 Å². The molecule has 19 heavy (non-hydrogen) atoms. The van der Waals surface area contributed by atoms with E-state index in [2.05, 4.69) is 31.1 Å². The van der Waals surface area contributed by atoms with Gasteiger partial charge in [-0.15, -0.1) is 0 Å². The summed E-state index contributed by atoms with van der Waals surface area (Å²) in [6.45, 7) is 1.71. The first-order chi connectivity index (χ1) is 9.22. The number of benzene rings is 1. The number of hydrogen-bond acceptors (Lipinski definition) is 4. The third kappa shape index (κ3) is 2.84. The van der Waals surface area contributed by atoms with Crippen LogP contribution < -0.4 is 5.32 Å². The highest BCUT2D eigenvalue weighted by atomic mass is 79.9. The van der Waals surface area contributed by atoms with Crippen molar-refractivity contribution in [2.45, 2.75) is 6.42 Å². The Hall–Kier alpha value is -1.27. The van der Waals surface area contributed by atoms with Crippen molar-refractivity contribution < 1.29 is 4.79 Å². The molecule has 1 aromatic carbocycles. The molecule has 0 aromatic heterocycles. The molecule has 2 heterocycles. The van der Waals surface area contributed by atoms with Crippen LogP contribution in [0.3, 0.4) is 0 Å². The molecule has 2 aliphatic heterocycles. The summed E-state index contributed by atoms with van der Waals surface area (Å²) in [7, 11) is 0. The zero-order valence-electron chi connectivity index (χ0n) is 10.1. The van der Waals surface area contributed by atoms with Gasteiger partial charge in [-0.05, 0) is 23.6 Å². The lowest BCUT2D eigenvalue weighted by atomic mass is 10.2. The number of nitrogens with zero attached hydrogens (tertiary/aromatic N) is 2. The molecule has 4 nitrogen and oxygen atoms in total. The Balaban J connectivity index is 1.62. The minimum Gasteiger partial charge on any atom is -0.326 e. The fourth-order valence-electron chi connectivity index (χ4n) is 2.05. The fraction of sp³-hybridized carbons (Fsp3) is 0.231. The normalized spacial score (nSPS) is 17.0. The van der Waals surface area contributed by atoms with Crippen LogP contribution in [0.25, 0.3) is 0 Å². The fourth-order valence-corrected chi connectivity index (χ4v) is 3.40. The molecule has 1 aromatic rings. The molecule has 0 spiro atoms. The number of carbonyl (C=O) groups is 1. The molecule has 0 fully saturated rings. The van der Waals surface area contributed by atoms with E-state index in [0.717, 1.165) is 34.1 Å². The lowest BCUT2D eigenvalue weighted by molar-refractivity contribution is -0.115. The highest BCUT2D eigenvalue weighted by Gasteiger charge is 2.27. The van der Waals surface area contributed by atoms with E-state index in [-0.39, 0.29) is 5.91 Å². The molecular formula is C13H12BrN3OS. The SMILES string of the molecule is O=C(CC1=CSC2=NCCN12)Nc1cccc(Br)c1. The largest absolute Gasteiger partial charge is 0.326 e. The number of carbonyl (C=O) groups excluding carboxylic acids is 1. The van der Waals surface area contributed by atoms with Gasteiger partial charge in [-0.1, -0.05) is 33.8 Å². The van der Waals surface area contributed by atoms with Crippen molar-refractivity contribution in [3.8, 4) is 0 Å². The molecule has 0 saturated heterocycles. The minimum atomic E-state index is -0.00176. The van der Waals surface area contributed by atoms with Crippen molar-refractivity contribution in [1.29, 1.82) is 0 Å². The van der Waals surface area contributed by atoms with Gasteiger partial charge in [0.05, 0.1) is 13.0 Å². The standard InChI is InChI=1S/C13H12BrN3OS/c14-9-2-1-3-10(6-9)16-12(18)7-11-8-19-13-15-4-5-17(11)13/h1-3,6,8H,4-5,7H2,(H,16,18). The highest BCUT2D eigenvalue weighted by molar-refractivity contribution is 9.10. The van der Waals surface area contributed by atoms with Crippen LogP contribution >= 0.6 is 27.7 Å². The number of aliphatic imine (C=N–C) groups is 1. The van der Waals surface area contributed by atoms with Crippen molar-refractivity contribution in [2.75, 3.05) is 18.4 Å². The van der Waals surface area contributed by atoms with Gasteiger partial charge in [0.15, 0.2) is 5.17 Å². The molecule has 1 N–H and O–H groups in total. The maximum absolute atomic E-state index is 12.0. The van der Waals surface area contributed by atoms with E-state index in [1.807, 2.05) is 29.7 Å². The highest BCUT2D eigenvalue weighted by Crippen LogP contribution is 2.31. The zero-order valence-corrected chi connectivity index (χ0v) is 12.5. The van der Waals surface area contributed by atoms with E-state index in [4.69, 9.17) is 0 Å². The number of fused-ring (bicyclic) bond motifs is 1. The van der Waals surface area contributed by atoms with E-state index >= 15 is 0 Å².